The largest absolute Gasteiger partial charge is 0.465 e. The van der Waals surface area contributed by atoms with E-state index in [1.165, 1.54) is 25.3 Å². The van der Waals surface area contributed by atoms with E-state index in [-0.39, 0.29) is 17.2 Å². The predicted molar refractivity (Wildman–Crippen MR) is 141 cm³/mol. The lowest BCUT2D eigenvalue weighted by molar-refractivity contribution is -0.111. The molecular weight excluding hydrogens is 456 g/mol. The van der Waals surface area contributed by atoms with Gasteiger partial charge < -0.3 is 15.0 Å². The third-order valence-electron chi connectivity index (χ3n) is 6.26. The number of piperazine rings is 1. The van der Waals surface area contributed by atoms with Crippen molar-refractivity contribution in [2.24, 2.45) is 0 Å². The number of ether oxygens (including phenoxy) is 1. The van der Waals surface area contributed by atoms with Crippen molar-refractivity contribution in [1.29, 1.82) is 0 Å². The van der Waals surface area contributed by atoms with Crippen molar-refractivity contribution in [1.82, 2.24) is 15.3 Å². The van der Waals surface area contributed by atoms with Gasteiger partial charge in [0.25, 0.3) is 5.91 Å². The number of likely N-dealkylation sites (N-methyl/N-ethyl adjacent to an activating group) is 1. The molecule has 0 bridgehead atoms. The Morgan fingerprint density at radius 3 is 2.31 bits per heavy atom. The van der Waals surface area contributed by atoms with Crippen LogP contribution in [0.4, 0.5) is 5.69 Å². The van der Waals surface area contributed by atoms with Crippen molar-refractivity contribution in [3.63, 3.8) is 0 Å². The van der Waals surface area contributed by atoms with Crippen molar-refractivity contribution in [2.45, 2.75) is 6.92 Å². The molecule has 3 aromatic carbocycles. The van der Waals surface area contributed by atoms with Gasteiger partial charge in [0, 0.05) is 37.8 Å². The molecule has 2 amide bonds. The van der Waals surface area contributed by atoms with E-state index in [0.29, 0.717) is 18.7 Å². The lowest BCUT2D eigenvalue weighted by atomic mass is 10.0. The first-order valence-electron chi connectivity index (χ1n) is 11.8. The number of rotatable bonds is 6. The molecule has 1 fully saturated rings. The van der Waals surface area contributed by atoms with Crippen LogP contribution in [0.3, 0.4) is 0 Å². The molecular formula is C28H30N4O4. The molecule has 0 atom stereocenters. The van der Waals surface area contributed by atoms with Crippen LogP contribution in [0.15, 0.2) is 66.7 Å². The average molecular weight is 487 g/mol. The number of methoxy groups -OCH3 is 1. The summed E-state index contributed by atoms with van der Waals surface area (Å²) in [5.74, 6) is -1.33. The van der Waals surface area contributed by atoms with Crippen LogP contribution < -0.4 is 10.7 Å². The van der Waals surface area contributed by atoms with Crippen LogP contribution in [0.25, 0.3) is 16.3 Å². The number of nitrogens with zero attached hydrogens (tertiary/aromatic N) is 2. The fourth-order valence-corrected chi connectivity index (χ4v) is 4.09. The van der Waals surface area contributed by atoms with Gasteiger partial charge in [-0.25, -0.2) is 9.80 Å². The summed E-state index contributed by atoms with van der Waals surface area (Å²) >= 11 is 0. The molecule has 8 nitrogen and oxygen atoms in total. The molecule has 8 heteroatoms. The predicted octanol–water partition coefficient (Wildman–Crippen LogP) is 3.56. The molecule has 4 rings (SSSR count). The smallest absolute Gasteiger partial charge is 0.339 e. The number of fused-ring (bicyclic) bond motifs is 1. The van der Waals surface area contributed by atoms with Gasteiger partial charge in [-0.15, -0.1) is 0 Å². The summed E-state index contributed by atoms with van der Waals surface area (Å²) in [7, 11) is 3.31. The molecule has 1 aliphatic rings. The lowest BCUT2D eigenvalue weighted by Gasteiger charge is -2.32. The normalized spacial score (nSPS) is 14.9. The molecule has 1 saturated heterocycles. The van der Waals surface area contributed by atoms with Crippen molar-refractivity contribution in [3.8, 4) is 0 Å². The molecule has 0 spiro atoms. The minimum Gasteiger partial charge on any atom is -0.465 e. The molecule has 3 aromatic rings. The SMILES string of the molecule is COC(=O)c1ccc(C(=O)NN2CCN(C)CC2)cc1NC(=O)C=C(C)c1ccc2ccccc2c1. The second-order valence-corrected chi connectivity index (χ2v) is 8.86. The Labute approximate surface area is 210 Å². The maximum atomic E-state index is 12.9. The molecule has 36 heavy (non-hydrogen) atoms. The Kier molecular flexibility index (Phi) is 7.77. The van der Waals surface area contributed by atoms with E-state index in [1.54, 1.807) is 6.07 Å². The first kappa shape index (κ1) is 25.1. The number of nitrogens with one attached hydrogen (secondary N) is 2. The molecule has 186 valence electrons. The van der Waals surface area contributed by atoms with E-state index in [9.17, 15) is 14.4 Å². The van der Waals surface area contributed by atoms with Gasteiger partial charge in [-0.2, -0.15) is 0 Å². The Morgan fingerprint density at radius 1 is 0.889 bits per heavy atom. The zero-order chi connectivity index (χ0) is 25.7. The number of carbonyl (C=O) groups is 3. The van der Waals surface area contributed by atoms with E-state index in [0.717, 1.165) is 35.0 Å². The topological polar surface area (TPSA) is 91.0 Å². The van der Waals surface area contributed by atoms with Gasteiger partial charge >= 0.3 is 5.97 Å². The fraction of sp³-hybridized carbons (Fsp3) is 0.250. The van der Waals surface area contributed by atoms with Crippen LogP contribution in [-0.4, -0.2) is 68.0 Å². The Morgan fingerprint density at radius 2 is 1.58 bits per heavy atom. The van der Waals surface area contributed by atoms with Crippen molar-refractivity contribution < 1.29 is 19.1 Å². The highest BCUT2D eigenvalue weighted by Crippen LogP contribution is 2.23. The molecule has 0 aromatic heterocycles. The van der Waals surface area contributed by atoms with Crippen LogP contribution in [-0.2, 0) is 9.53 Å². The summed E-state index contributed by atoms with van der Waals surface area (Å²) in [6, 6.07) is 18.5. The fourth-order valence-electron chi connectivity index (χ4n) is 4.09. The van der Waals surface area contributed by atoms with Gasteiger partial charge in [-0.05, 0) is 60.1 Å². The third-order valence-corrected chi connectivity index (χ3v) is 6.26. The molecule has 2 N–H and O–H groups in total. The Bertz CT molecular complexity index is 1330. The maximum absolute atomic E-state index is 12.9. The summed E-state index contributed by atoms with van der Waals surface area (Å²) < 4.78 is 4.86. The standard InChI is InChI=1S/C28H30N4O4/c1-19(21-9-8-20-6-4-5-7-22(20)17-21)16-26(33)29-25-18-23(10-11-24(25)28(35)36-3)27(34)30-32-14-12-31(2)13-15-32/h4-11,16-18H,12-15H2,1-3H3,(H,29,33)(H,30,34). The second-order valence-electron chi connectivity index (χ2n) is 8.86. The van der Waals surface area contributed by atoms with Crippen LogP contribution in [0.2, 0.25) is 0 Å². The first-order valence-corrected chi connectivity index (χ1v) is 11.8. The van der Waals surface area contributed by atoms with E-state index in [1.807, 2.05) is 61.4 Å². The number of hydrogen-bond donors (Lipinski definition) is 2. The first-order chi connectivity index (χ1) is 17.3. The molecule has 1 aliphatic heterocycles. The minimum atomic E-state index is -0.605. The van der Waals surface area contributed by atoms with E-state index >= 15 is 0 Å². The highest BCUT2D eigenvalue weighted by molar-refractivity contribution is 6.09. The zero-order valence-electron chi connectivity index (χ0n) is 20.7. The number of anilines is 1. The number of carbonyl (C=O) groups excluding carboxylic acids is 3. The molecule has 0 saturated carbocycles. The average Bonchev–Trinajstić information content (AvgIpc) is 2.89. The number of esters is 1. The number of hydrazine groups is 1. The van der Waals surface area contributed by atoms with Gasteiger partial charge in [-0.1, -0.05) is 36.4 Å². The van der Waals surface area contributed by atoms with Crippen LogP contribution in [0, 0.1) is 0 Å². The van der Waals surface area contributed by atoms with E-state index in [2.05, 4.69) is 15.6 Å². The maximum Gasteiger partial charge on any atom is 0.339 e. The summed E-state index contributed by atoms with van der Waals surface area (Å²) in [5, 5.41) is 6.81. The van der Waals surface area contributed by atoms with Gasteiger partial charge in [0.15, 0.2) is 0 Å². The minimum absolute atomic E-state index is 0.166. The zero-order valence-corrected chi connectivity index (χ0v) is 20.7. The summed E-state index contributed by atoms with van der Waals surface area (Å²) in [5.41, 5.74) is 5.27. The van der Waals surface area contributed by atoms with Crippen molar-refractivity contribution >= 4 is 39.8 Å². The number of allylic oxidation sites excluding steroid dienone is 1. The van der Waals surface area contributed by atoms with Crippen LogP contribution >= 0.6 is 0 Å². The van der Waals surface area contributed by atoms with Crippen molar-refractivity contribution in [3.05, 3.63) is 83.4 Å². The number of hydrogen-bond acceptors (Lipinski definition) is 6. The molecule has 0 unspecified atom stereocenters. The third kappa shape index (κ3) is 5.97. The van der Waals surface area contributed by atoms with Crippen LogP contribution in [0.5, 0.6) is 0 Å². The van der Waals surface area contributed by atoms with Gasteiger partial charge in [0.05, 0.1) is 18.4 Å². The van der Waals surface area contributed by atoms with Gasteiger partial charge in [-0.3, -0.25) is 15.0 Å². The molecule has 0 radical (unpaired) electrons. The van der Waals surface area contributed by atoms with Gasteiger partial charge in [0.2, 0.25) is 5.91 Å². The lowest BCUT2D eigenvalue weighted by Crippen LogP contribution is -2.52. The number of benzene rings is 3. The van der Waals surface area contributed by atoms with Crippen LogP contribution in [0.1, 0.15) is 33.2 Å². The highest BCUT2D eigenvalue weighted by atomic mass is 16.5. The summed E-state index contributed by atoms with van der Waals surface area (Å²) in [4.78, 5) is 40.2. The monoisotopic (exact) mass is 486 g/mol. The molecule has 0 aliphatic carbocycles. The Balaban J connectivity index is 1.53. The molecule has 1 heterocycles. The second kappa shape index (κ2) is 11.2. The quantitative estimate of drug-likeness (QED) is 0.409. The summed E-state index contributed by atoms with van der Waals surface area (Å²) in [6.45, 7) is 4.98. The van der Waals surface area contributed by atoms with Gasteiger partial charge in [0.1, 0.15) is 0 Å². The number of amides is 2. The Hall–Kier alpha value is -4.01. The van der Waals surface area contributed by atoms with Crippen molar-refractivity contribution in [2.75, 3.05) is 45.7 Å². The van der Waals surface area contributed by atoms with E-state index in [4.69, 9.17) is 4.74 Å². The summed E-state index contributed by atoms with van der Waals surface area (Å²) in [6.07, 6.45) is 1.47. The van der Waals surface area contributed by atoms with E-state index < -0.39 is 11.9 Å². The highest BCUT2D eigenvalue weighted by Gasteiger charge is 2.20.